The summed E-state index contributed by atoms with van der Waals surface area (Å²) in [6.45, 7) is 13.0. The number of likely N-dealkylation sites (tertiary alicyclic amines) is 1. The second-order valence-electron chi connectivity index (χ2n) is 9.77. The van der Waals surface area contributed by atoms with Crippen LogP contribution >= 0.6 is 24.0 Å². The first-order chi connectivity index (χ1) is 15.1. The lowest BCUT2D eigenvalue weighted by molar-refractivity contribution is 0.0491. The molecule has 1 atom stereocenters. The minimum absolute atomic E-state index is 0. The van der Waals surface area contributed by atoms with Crippen LogP contribution < -0.4 is 16.0 Å². The lowest BCUT2D eigenvalue weighted by Gasteiger charge is -2.33. The zero-order chi connectivity index (χ0) is 23.7. The number of hydrogen-bond donors (Lipinski definition) is 3. The molecule has 1 aromatic rings. The van der Waals surface area contributed by atoms with Gasteiger partial charge in [-0.3, -0.25) is 9.89 Å². The minimum atomic E-state index is -0.526. The average molecular weight is 578 g/mol. The number of nitrogens with zero attached hydrogens (tertiary/aromatic N) is 2. The molecule has 9 heteroatoms. The van der Waals surface area contributed by atoms with Gasteiger partial charge in [0.25, 0.3) is 0 Å². The number of amides is 1. The summed E-state index contributed by atoms with van der Waals surface area (Å²) in [5, 5.41) is 9.80. The fourth-order valence-electron chi connectivity index (χ4n) is 3.59. The molecule has 3 N–H and O–H groups in total. The zero-order valence-electron chi connectivity index (χ0n) is 20.8. The Hall–Kier alpha value is -1.62. The van der Waals surface area contributed by atoms with Gasteiger partial charge in [0.05, 0.1) is 6.04 Å². The van der Waals surface area contributed by atoms with Gasteiger partial charge in [0, 0.05) is 39.3 Å². The van der Waals surface area contributed by atoms with Crippen LogP contribution in [0.2, 0.25) is 0 Å². The van der Waals surface area contributed by atoms with E-state index in [1.165, 1.54) is 12.1 Å². The van der Waals surface area contributed by atoms with E-state index in [-0.39, 0.29) is 41.8 Å². The van der Waals surface area contributed by atoms with Crippen LogP contribution in [0, 0.1) is 11.7 Å². The minimum Gasteiger partial charge on any atom is -0.444 e. The third-order valence-corrected chi connectivity index (χ3v) is 5.47. The van der Waals surface area contributed by atoms with Gasteiger partial charge >= 0.3 is 6.09 Å². The molecule has 0 radical (unpaired) electrons. The Kier molecular flexibility index (Phi) is 12.4. The Morgan fingerprint density at radius 1 is 1.21 bits per heavy atom. The maximum absolute atomic E-state index is 13.1. The highest BCUT2D eigenvalue weighted by Gasteiger charge is 2.23. The van der Waals surface area contributed by atoms with Gasteiger partial charge in [-0.1, -0.05) is 26.0 Å². The van der Waals surface area contributed by atoms with Crippen molar-refractivity contribution < 1.29 is 13.9 Å². The Balaban J connectivity index is 0.00000544. The summed E-state index contributed by atoms with van der Waals surface area (Å²) in [4.78, 5) is 18.9. The summed E-state index contributed by atoms with van der Waals surface area (Å²) in [6, 6.07) is 6.98. The number of carbonyl (C=O) groups is 1. The molecule has 1 aliphatic rings. The molecular weight excluding hydrogens is 536 g/mol. The predicted molar refractivity (Wildman–Crippen MR) is 143 cm³/mol. The molecule has 188 valence electrons. The first-order valence-electron chi connectivity index (χ1n) is 11.5. The Bertz CT molecular complexity index is 744. The standard InChI is InChI=1S/C24H40FN5O2.HI/c1-17(2)21(29-23(31)32-24(3,4)5)15-27-22(26-6)28-20-11-13-30(14-12-20)16-18-7-9-19(25)10-8-18;/h7-10,17,20-21H,11-16H2,1-6H3,(H,29,31)(H2,26,27,28);1H. The van der Waals surface area contributed by atoms with Crippen molar-refractivity contribution in [1.82, 2.24) is 20.9 Å². The van der Waals surface area contributed by atoms with Crippen molar-refractivity contribution in [2.24, 2.45) is 10.9 Å². The number of carbonyl (C=O) groups excluding carboxylic acids is 1. The van der Waals surface area contributed by atoms with Crippen LogP contribution in [-0.4, -0.2) is 61.3 Å². The van der Waals surface area contributed by atoms with Gasteiger partial charge in [0.1, 0.15) is 11.4 Å². The maximum Gasteiger partial charge on any atom is 0.407 e. The van der Waals surface area contributed by atoms with E-state index in [2.05, 4.69) is 39.7 Å². The molecule has 1 heterocycles. The molecule has 0 bridgehead atoms. The van der Waals surface area contributed by atoms with E-state index in [0.717, 1.165) is 44.0 Å². The van der Waals surface area contributed by atoms with Crippen molar-refractivity contribution in [3.63, 3.8) is 0 Å². The van der Waals surface area contributed by atoms with E-state index >= 15 is 0 Å². The van der Waals surface area contributed by atoms with Crippen LogP contribution in [0.15, 0.2) is 29.3 Å². The highest BCUT2D eigenvalue weighted by Crippen LogP contribution is 2.14. The smallest absolute Gasteiger partial charge is 0.407 e. The molecule has 2 rings (SSSR count). The molecule has 0 aliphatic carbocycles. The van der Waals surface area contributed by atoms with Crippen molar-refractivity contribution >= 4 is 36.0 Å². The van der Waals surface area contributed by atoms with Gasteiger partial charge in [0.2, 0.25) is 0 Å². The van der Waals surface area contributed by atoms with Crippen LogP contribution in [0.1, 0.15) is 53.0 Å². The van der Waals surface area contributed by atoms with Crippen LogP contribution in [0.3, 0.4) is 0 Å². The van der Waals surface area contributed by atoms with Crippen LogP contribution in [0.4, 0.5) is 9.18 Å². The number of hydrogen-bond acceptors (Lipinski definition) is 4. The average Bonchev–Trinajstić information content (AvgIpc) is 2.71. The number of rotatable bonds is 7. The van der Waals surface area contributed by atoms with Gasteiger partial charge in [0.15, 0.2) is 5.96 Å². The SMILES string of the molecule is CN=C(NCC(NC(=O)OC(C)(C)C)C(C)C)NC1CCN(Cc2ccc(F)cc2)CC1.I. The van der Waals surface area contributed by atoms with Gasteiger partial charge in [-0.2, -0.15) is 0 Å². The first kappa shape index (κ1) is 29.4. The summed E-state index contributed by atoms with van der Waals surface area (Å²) in [7, 11) is 1.75. The zero-order valence-corrected chi connectivity index (χ0v) is 23.1. The lowest BCUT2D eigenvalue weighted by Crippen LogP contribution is -2.53. The van der Waals surface area contributed by atoms with Gasteiger partial charge < -0.3 is 20.7 Å². The molecule has 1 aromatic carbocycles. The van der Waals surface area contributed by atoms with Crippen LogP contribution in [-0.2, 0) is 11.3 Å². The number of nitrogens with one attached hydrogen (secondary N) is 3. The number of benzene rings is 1. The monoisotopic (exact) mass is 577 g/mol. The topological polar surface area (TPSA) is 78.0 Å². The first-order valence-corrected chi connectivity index (χ1v) is 11.5. The maximum atomic E-state index is 13.1. The van der Waals surface area contributed by atoms with Crippen molar-refractivity contribution in [3.8, 4) is 0 Å². The molecule has 1 unspecified atom stereocenters. The molecule has 0 spiro atoms. The second kappa shape index (κ2) is 13.9. The summed E-state index contributed by atoms with van der Waals surface area (Å²) in [5.74, 6) is 0.776. The molecule has 1 saturated heterocycles. The lowest BCUT2D eigenvalue weighted by atomic mass is 10.0. The van der Waals surface area contributed by atoms with Crippen molar-refractivity contribution in [1.29, 1.82) is 0 Å². The number of ether oxygens (including phenoxy) is 1. The predicted octanol–water partition coefficient (Wildman–Crippen LogP) is 4.12. The molecule has 1 fully saturated rings. The van der Waals surface area contributed by atoms with Crippen LogP contribution in [0.5, 0.6) is 0 Å². The molecular formula is C24H41FIN5O2. The fraction of sp³-hybridized carbons (Fsp3) is 0.667. The van der Waals surface area contributed by atoms with Crippen LogP contribution in [0.25, 0.3) is 0 Å². The van der Waals surface area contributed by atoms with E-state index in [1.54, 1.807) is 7.05 Å². The fourth-order valence-corrected chi connectivity index (χ4v) is 3.59. The number of aliphatic imine (C=N–C) groups is 1. The number of halogens is 2. The number of alkyl carbamates (subject to hydrolysis) is 1. The highest BCUT2D eigenvalue weighted by atomic mass is 127. The van der Waals surface area contributed by atoms with Gasteiger partial charge in [-0.05, 0) is 57.2 Å². The Morgan fingerprint density at radius 2 is 1.82 bits per heavy atom. The Labute approximate surface area is 215 Å². The quantitative estimate of drug-likeness (QED) is 0.258. The third-order valence-electron chi connectivity index (χ3n) is 5.47. The van der Waals surface area contributed by atoms with Crippen molar-refractivity contribution in [3.05, 3.63) is 35.6 Å². The van der Waals surface area contributed by atoms with E-state index in [4.69, 9.17) is 4.74 Å². The van der Waals surface area contributed by atoms with E-state index < -0.39 is 11.7 Å². The summed E-state index contributed by atoms with van der Waals surface area (Å²) < 4.78 is 18.5. The molecule has 1 aliphatic heterocycles. The van der Waals surface area contributed by atoms with Gasteiger partial charge in [-0.25, -0.2) is 9.18 Å². The highest BCUT2D eigenvalue weighted by molar-refractivity contribution is 14.0. The molecule has 33 heavy (non-hydrogen) atoms. The Morgan fingerprint density at radius 3 is 2.33 bits per heavy atom. The van der Waals surface area contributed by atoms with Gasteiger partial charge in [-0.15, -0.1) is 24.0 Å². The summed E-state index contributed by atoms with van der Waals surface area (Å²) in [5.41, 5.74) is 0.606. The van der Waals surface area contributed by atoms with E-state index in [9.17, 15) is 9.18 Å². The molecule has 1 amide bonds. The van der Waals surface area contributed by atoms with Crippen molar-refractivity contribution in [2.45, 2.75) is 71.7 Å². The third kappa shape index (κ3) is 11.4. The van der Waals surface area contributed by atoms with E-state index in [0.29, 0.717) is 12.6 Å². The summed E-state index contributed by atoms with van der Waals surface area (Å²) in [6.07, 6.45) is 1.60. The largest absolute Gasteiger partial charge is 0.444 e. The molecule has 7 nitrogen and oxygen atoms in total. The number of piperidine rings is 1. The normalized spacial score (nSPS) is 16.7. The second-order valence-corrected chi connectivity index (χ2v) is 9.77. The molecule has 0 aromatic heterocycles. The van der Waals surface area contributed by atoms with E-state index in [1.807, 2.05) is 32.9 Å². The number of guanidine groups is 1. The summed E-state index contributed by atoms with van der Waals surface area (Å²) >= 11 is 0. The molecule has 0 saturated carbocycles. The van der Waals surface area contributed by atoms with Crippen molar-refractivity contribution in [2.75, 3.05) is 26.7 Å².